The summed E-state index contributed by atoms with van der Waals surface area (Å²) in [4.78, 5) is 0. The van der Waals surface area contributed by atoms with Crippen molar-refractivity contribution in [2.75, 3.05) is 20.1 Å². The third-order valence-corrected chi connectivity index (χ3v) is 3.04. The molecule has 1 aliphatic rings. The first-order valence-electron chi connectivity index (χ1n) is 5.86. The van der Waals surface area contributed by atoms with E-state index in [1.54, 1.807) is 11.1 Å². The molecule has 2 rings (SSSR count). The normalized spacial score (nSPS) is 14.2. The van der Waals surface area contributed by atoms with Gasteiger partial charge in [0, 0.05) is 19.6 Å². The molecule has 0 spiro atoms. The Labute approximate surface area is 92.1 Å². The Balaban J connectivity index is 1.87. The molecule has 0 unspecified atom stereocenters. The van der Waals surface area contributed by atoms with Crippen LogP contribution in [-0.4, -0.2) is 20.1 Å². The molecule has 0 saturated carbocycles. The van der Waals surface area contributed by atoms with Crippen LogP contribution in [0.2, 0.25) is 0 Å². The molecule has 1 aliphatic carbocycles. The third kappa shape index (κ3) is 2.80. The van der Waals surface area contributed by atoms with Crippen LogP contribution in [0.15, 0.2) is 18.2 Å². The van der Waals surface area contributed by atoms with Gasteiger partial charge in [-0.2, -0.15) is 0 Å². The van der Waals surface area contributed by atoms with E-state index in [0.29, 0.717) is 0 Å². The first kappa shape index (κ1) is 10.7. The molecule has 2 heteroatoms. The van der Waals surface area contributed by atoms with Gasteiger partial charge in [-0.25, -0.2) is 0 Å². The van der Waals surface area contributed by atoms with Gasteiger partial charge in [0.2, 0.25) is 0 Å². The lowest BCUT2D eigenvalue weighted by Crippen LogP contribution is -2.24. The summed E-state index contributed by atoms with van der Waals surface area (Å²) < 4.78 is 0. The van der Waals surface area contributed by atoms with E-state index in [4.69, 9.17) is 0 Å². The SMILES string of the molecule is CNCCNCc1ccc2c(c1)CCC2. The molecule has 2 N–H and O–H groups in total. The molecule has 0 aliphatic heterocycles. The van der Waals surface area contributed by atoms with Gasteiger partial charge in [0.25, 0.3) is 0 Å². The predicted molar refractivity (Wildman–Crippen MR) is 64.1 cm³/mol. The standard InChI is InChI=1S/C13H20N2/c1-14-7-8-15-10-11-5-6-12-3-2-4-13(12)9-11/h5-6,9,14-15H,2-4,7-8,10H2,1H3. The van der Waals surface area contributed by atoms with Crippen LogP contribution in [0, 0.1) is 0 Å². The van der Waals surface area contributed by atoms with Crippen molar-refractivity contribution in [1.29, 1.82) is 0 Å². The highest BCUT2D eigenvalue weighted by Gasteiger charge is 2.10. The molecule has 15 heavy (non-hydrogen) atoms. The van der Waals surface area contributed by atoms with Crippen molar-refractivity contribution < 1.29 is 0 Å². The quantitative estimate of drug-likeness (QED) is 0.710. The van der Waals surface area contributed by atoms with Gasteiger partial charge >= 0.3 is 0 Å². The zero-order chi connectivity index (χ0) is 10.5. The minimum atomic E-state index is 0.995. The van der Waals surface area contributed by atoms with Crippen LogP contribution < -0.4 is 10.6 Å². The van der Waals surface area contributed by atoms with Crippen LogP contribution in [0.25, 0.3) is 0 Å². The number of hydrogen-bond acceptors (Lipinski definition) is 2. The highest BCUT2D eigenvalue weighted by molar-refractivity contribution is 5.35. The van der Waals surface area contributed by atoms with Crippen LogP contribution in [-0.2, 0) is 19.4 Å². The Morgan fingerprint density at radius 3 is 2.87 bits per heavy atom. The molecule has 0 radical (unpaired) electrons. The second-order valence-electron chi connectivity index (χ2n) is 4.24. The van der Waals surface area contributed by atoms with E-state index in [1.807, 2.05) is 7.05 Å². The Morgan fingerprint density at radius 2 is 2.00 bits per heavy atom. The van der Waals surface area contributed by atoms with Crippen LogP contribution in [0.3, 0.4) is 0 Å². The summed E-state index contributed by atoms with van der Waals surface area (Å²) in [6, 6.07) is 6.93. The lowest BCUT2D eigenvalue weighted by atomic mass is 10.1. The van der Waals surface area contributed by atoms with Crippen molar-refractivity contribution in [3.05, 3.63) is 34.9 Å². The van der Waals surface area contributed by atoms with Gasteiger partial charge in [0.05, 0.1) is 0 Å². The third-order valence-electron chi connectivity index (χ3n) is 3.04. The van der Waals surface area contributed by atoms with Gasteiger partial charge in [-0.1, -0.05) is 18.2 Å². The number of aryl methyl sites for hydroxylation is 2. The van der Waals surface area contributed by atoms with E-state index < -0.39 is 0 Å². The fourth-order valence-electron chi connectivity index (χ4n) is 2.18. The molecule has 1 aromatic carbocycles. The lowest BCUT2D eigenvalue weighted by Gasteiger charge is -2.06. The fourth-order valence-corrected chi connectivity index (χ4v) is 2.18. The van der Waals surface area contributed by atoms with Gasteiger partial charge in [0.1, 0.15) is 0 Å². The number of fused-ring (bicyclic) bond motifs is 1. The second-order valence-corrected chi connectivity index (χ2v) is 4.24. The molecular formula is C13H20N2. The van der Waals surface area contributed by atoms with E-state index in [-0.39, 0.29) is 0 Å². The number of likely N-dealkylation sites (N-methyl/N-ethyl adjacent to an activating group) is 1. The Hall–Kier alpha value is -0.860. The zero-order valence-corrected chi connectivity index (χ0v) is 9.47. The summed E-state index contributed by atoms with van der Waals surface area (Å²) in [5.74, 6) is 0. The van der Waals surface area contributed by atoms with E-state index in [2.05, 4.69) is 28.8 Å². The van der Waals surface area contributed by atoms with Gasteiger partial charge in [0.15, 0.2) is 0 Å². The minimum absolute atomic E-state index is 0.995. The summed E-state index contributed by atoms with van der Waals surface area (Å²) in [6.07, 6.45) is 3.90. The highest BCUT2D eigenvalue weighted by Crippen LogP contribution is 2.22. The van der Waals surface area contributed by atoms with Crippen molar-refractivity contribution in [3.63, 3.8) is 0 Å². The van der Waals surface area contributed by atoms with Crippen LogP contribution in [0.4, 0.5) is 0 Å². The van der Waals surface area contributed by atoms with Crippen molar-refractivity contribution in [3.8, 4) is 0 Å². The van der Waals surface area contributed by atoms with Crippen LogP contribution in [0.1, 0.15) is 23.1 Å². The molecule has 0 fully saturated rings. The Kier molecular flexibility index (Phi) is 3.75. The van der Waals surface area contributed by atoms with Gasteiger partial charge in [-0.05, 0) is 43.0 Å². The molecule has 0 bridgehead atoms. The second kappa shape index (κ2) is 5.29. The first-order chi connectivity index (χ1) is 7.40. The molecule has 0 saturated heterocycles. The molecule has 1 aromatic rings. The molecule has 2 nitrogen and oxygen atoms in total. The number of rotatable bonds is 5. The minimum Gasteiger partial charge on any atom is -0.318 e. The predicted octanol–water partition coefficient (Wildman–Crippen LogP) is 1.48. The average Bonchev–Trinajstić information content (AvgIpc) is 2.71. The van der Waals surface area contributed by atoms with Crippen molar-refractivity contribution in [2.24, 2.45) is 0 Å². The maximum absolute atomic E-state index is 3.43. The zero-order valence-electron chi connectivity index (χ0n) is 9.47. The lowest BCUT2D eigenvalue weighted by molar-refractivity contribution is 0.650. The largest absolute Gasteiger partial charge is 0.318 e. The topological polar surface area (TPSA) is 24.1 Å². The molecule has 0 amide bonds. The number of benzene rings is 1. The van der Waals surface area contributed by atoms with Gasteiger partial charge in [-0.3, -0.25) is 0 Å². The van der Waals surface area contributed by atoms with E-state index in [1.165, 1.54) is 24.8 Å². The fraction of sp³-hybridized carbons (Fsp3) is 0.538. The average molecular weight is 204 g/mol. The molecule has 0 heterocycles. The summed E-state index contributed by atoms with van der Waals surface area (Å²) in [7, 11) is 1.98. The van der Waals surface area contributed by atoms with Crippen LogP contribution >= 0.6 is 0 Å². The van der Waals surface area contributed by atoms with E-state index >= 15 is 0 Å². The van der Waals surface area contributed by atoms with Crippen LogP contribution in [0.5, 0.6) is 0 Å². The molecule has 0 atom stereocenters. The molecule has 82 valence electrons. The highest BCUT2D eigenvalue weighted by atomic mass is 14.9. The number of hydrogen-bond donors (Lipinski definition) is 2. The first-order valence-corrected chi connectivity index (χ1v) is 5.86. The Morgan fingerprint density at radius 1 is 1.13 bits per heavy atom. The summed E-state index contributed by atoms with van der Waals surface area (Å²) >= 11 is 0. The summed E-state index contributed by atoms with van der Waals surface area (Å²) in [5, 5.41) is 6.56. The van der Waals surface area contributed by atoms with Crippen molar-refractivity contribution in [1.82, 2.24) is 10.6 Å². The number of nitrogens with one attached hydrogen (secondary N) is 2. The monoisotopic (exact) mass is 204 g/mol. The van der Waals surface area contributed by atoms with E-state index in [9.17, 15) is 0 Å². The van der Waals surface area contributed by atoms with Crippen molar-refractivity contribution in [2.45, 2.75) is 25.8 Å². The molecular weight excluding hydrogens is 184 g/mol. The van der Waals surface area contributed by atoms with Gasteiger partial charge < -0.3 is 10.6 Å². The smallest absolute Gasteiger partial charge is 0.0206 e. The molecule has 0 aromatic heterocycles. The maximum Gasteiger partial charge on any atom is 0.0206 e. The summed E-state index contributed by atoms with van der Waals surface area (Å²) in [6.45, 7) is 3.06. The Bertz CT molecular complexity index is 320. The summed E-state index contributed by atoms with van der Waals surface area (Å²) in [5.41, 5.74) is 4.56. The van der Waals surface area contributed by atoms with Crippen molar-refractivity contribution >= 4 is 0 Å². The van der Waals surface area contributed by atoms with Gasteiger partial charge in [-0.15, -0.1) is 0 Å². The maximum atomic E-state index is 3.43. The van der Waals surface area contributed by atoms with E-state index in [0.717, 1.165) is 19.6 Å².